The molecule has 0 rings (SSSR count). The highest BCUT2D eigenvalue weighted by Crippen LogP contribution is 2.45. The first-order valence-electron chi connectivity index (χ1n) is 42.0. The lowest BCUT2D eigenvalue weighted by molar-refractivity contribution is -0.161. The molecule has 0 aliphatic carbocycles. The number of rotatable bonds is 80. The monoisotopic (exact) mass is 1470 g/mol. The molecule has 0 bridgehead atoms. The molecular formula is C81H158O17P2. The van der Waals surface area contributed by atoms with E-state index in [4.69, 9.17) is 37.0 Å². The van der Waals surface area contributed by atoms with E-state index in [2.05, 4.69) is 41.5 Å². The largest absolute Gasteiger partial charge is 0.472 e. The molecule has 0 spiro atoms. The van der Waals surface area contributed by atoms with Gasteiger partial charge in [-0.15, -0.1) is 0 Å². The third kappa shape index (κ3) is 73.0. The third-order valence-corrected chi connectivity index (χ3v) is 21.2. The second-order valence-corrected chi connectivity index (χ2v) is 32.8. The van der Waals surface area contributed by atoms with Gasteiger partial charge in [0.15, 0.2) is 12.2 Å². The van der Waals surface area contributed by atoms with Crippen molar-refractivity contribution in [3.8, 4) is 0 Å². The normalized spacial score (nSPS) is 14.2. The average Bonchev–Trinajstić information content (AvgIpc) is 0.930. The SMILES string of the molecule is CCCCCCCCCCCCCCCCCCCCC(=O)OC[C@H](COP(=O)(O)OC[C@@H](O)COP(=O)(O)OC[C@@H](COC(=O)CCCCCCCCCC(C)C)OC(=O)CCCCCCCCCCCCCCCC)OC(=O)CCCCCCCCCCCCCCCCC(C)CC. The molecule has 0 aromatic heterocycles. The Morgan fingerprint density at radius 3 is 0.760 bits per heavy atom. The summed E-state index contributed by atoms with van der Waals surface area (Å²) < 4.78 is 68.7. The van der Waals surface area contributed by atoms with E-state index in [0.29, 0.717) is 31.6 Å². The second kappa shape index (κ2) is 72.6. The molecule has 0 aliphatic rings. The first kappa shape index (κ1) is 98.1. The van der Waals surface area contributed by atoms with Gasteiger partial charge in [0.1, 0.15) is 19.3 Å². The zero-order chi connectivity index (χ0) is 73.5. The Morgan fingerprint density at radius 1 is 0.290 bits per heavy atom. The van der Waals surface area contributed by atoms with Crippen LogP contribution in [0.5, 0.6) is 0 Å². The van der Waals surface area contributed by atoms with Crippen molar-refractivity contribution < 1.29 is 80.2 Å². The summed E-state index contributed by atoms with van der Waals surface area (Å²) in [6.45, 7) is 9.64. The van der Waals surface area contributed by atoms with Gasteiger partial charge in [-0.1, -0.05) is 375 Å². The summed E-state index contributed by atoms with van der Waals surface area (Å²) >= 11 is 0. The number of carbonyl (C=O) groups excluding carboxylic acids is 4. The molecule has 0 aromatic rings. The van der Waals surface area contributed by atoms with Gasteiger partial charge in [-0.05, 0) is 37.5 Å². The molecule has 0 aliphatic heterocycles. The average molecular weight is 1470 g/mol. The molecular weight excluding hydrogens is 1310 g/mol. The minimum Gasteiger partial charge on any atom is -0.462 e. The Bertz CT molecular complexity index is 1930. The minimum atomic E-state index is -4.96. The van der Waals surface area contributed by atoms with E-state index >= 15 is 0 Å². The Kier molecular flexibility index (Phi) is 71.2. The summed E-state index contributed by atoms with van der Waals surface area (Å²) in [5, 5.41) is 10.6. The van der Waals surface area contributed by atoms with Crippen molar-refractivity contribution in [2.24, 2.45) is 11.8 Å². The summed E-state index contributed by atoms with van der Waals surface area (Å²) in [6, 6.07) is 0. The van der Waals surface area contributed by atoms with Crippen molar-refractivity contribution in [3.63, 3.8) is 0 Å². The number of esters is 4. The van der Waals surface area contributed by atoms with Gasteiger partial charge in [0, 0.05) is 25.7 Å². The lowest BCUT2D eigenvalue weighted by atomic mass is 9.99. The first-order valence-corrected chi connectivity index (χ1v) is 45.0. The maximum atomic E-state index is 13.1. The predicted molar refractivity (Wildman–Crippen MR) is 409 cm³/mol. The highest BCUT2D eigenvalue weighted by Gasteiger charge is 2.30. The standard InChI is InChI=1S/C81H158O17P2/c1-7-10-12-14-16-18-20-22-24-25-26-27-32-35-39-45-51-57-63-78(83)91-69-76(97-80(85)66-60-54-47-41-37-33-29-28-30-34-38-44-50-56-62-74(6)9-3)71-95-99(87,88)93-67-75(82)68-94-100(89,90)96-72-77(70-92-79(84)64-58-52-48-42-43-49-55-61-73(4)5)98-81(86)65-59-53-46-40-36-31-23-21-19-17-15-13-11-8-2/h73-77,82H,7-72H2,1-6H3,(H,87,88)(H,89,90)/t74?,75-,76-,77-/m1/s1. The van der Waals surface area contributed by atoms with Crippen LogP contribution < -0.4 is 0 Å². The van der Waals surface area contributed by atoms with Gasteiger partial charge in [0.25, 0.3) is 0 Å². The first-order chi connectivity index (χ1) is 48.4. The number of aliphatic hydroxyl groups excluding tert-OH is 1. The van der Waals surface area contributed by atoms with Crippen molar-refractivity contribution in [1.29, 1.82) is 0 Å². The fourth-order valence-corrected chi connectivity index (χ4v) is 14.1. The molecule has 0 heterocycles. The Morgan fingerprint density at radius 2 is 0.510 bits per heavy atom. The van der Waals surface area contributed by atoms with Crippen LogP contribution in [0, 0.1) is 11.8 Å². The van der Waals surface area contributed by atoms with E-state index in [1.807, 2.05) is 0 Å². The van der Waals surface area contributed by atoms with E-state index in [1.165, 1.54) is 238 Å². The molecule has 3 unspecified atom stereocenters. The topological polar surface area (TPSA) is 237 Å². The van der Waals surface area contributed by atoms with Crippen LogP contribution in [0.1, 0.15) is 427 Å². The molecule has 17 nitrogen and oxygen atoms in total. The molecule has 0 fully saturated rings. The Hall–Kier alpha value is -1.94. The third-order valence-electron chi connectivity index (χ3n) is 19.3. The molecule has 19 heteroatoms. The van der Waals surface area contributed by atoms with Crippen LogP contribution in [0.25, 0.3) is 0 Å². The maximum absolute atomic E-state index is 13.1. The van der Waals surface area contributed by atoms with E-state index in [9.17, 15) is 43.2 Å². The molecule has 0 amide bonds. The lowest BCUT2D eigenvalue weighted by Crippen LogP contribution is -2.30. The van der Waals surface area contributed by atoms with Crippen LogP contribution in [0.2, 0.25) is 0 Å². The summed E-state index contributed by atoms with van der Waals surface area (Å²) in [4.78, 5) is 73.0. The van der Waals surface area contributed by atoms with Crippen molar-refractivity contribution in [2.75, 3.05) is 39.6 Å². The molecule has 594 valence electrons. The fourth-order valence-electron chi connectivity index (χ4n) is 12.5. The second-order valence-electron chi connectivity index (χ2n) is 29.9. The van der Waals surface area contributed by atoms with Crippen molar-refractivity contribution >= 4 is 39.5 Å². The van der Waals surface area contributed by atoms with Crippen LogP contribution >= 0.6 is 15.6 Å². The molecule has 100 heavy (non-hydrogen) atoms. The summed E-state index contributed by atoms with van der Waals surface area (Å²) in [5.41, 5.74) is 0. The van der Waals surface area contributed by atoms with Crippen molar-refractivity contribution in [1.82, 2.24) is 0 Å². The van der Waals surface area contributed by atoms with Crippen molar-refractivity contribution in [3.05, 3.63) is 0 Å². The smallest absolute Gasteiger partial charge is 0.462 e. The number of aliphatic hydroxyl groups is 1. The van der Waals surface area contributed by atoms with Crippen LogP contribution in [0.3, 0.4) is 0 Å². The number of phosphoric ester groups is 2. The fraction of sp³-hybridized carbons (Fsp3) is 0.951. The zero-order valence-corrected chi connectivity index (χ0v) is 67.3. The van der Waals surface area contributed by atoms with Crippen LogP contribution in [-0.4, -0.2) is 96.7 Å². The number of hydrogen-bond donors (Lipinski definition) is 3. The van der Waals surface area contributed by atoms with Crippen molar-refractivity contribution in [2.45, 2.75) is 445 Å². The highest BCUT2D eigenvalue weighted by atomic mass is 31.2. The quantitative estimate of drug-likeness (QED) is 0.0222. The number of carbonyl (C=O) groups is 4. The Labute approximate surface area is 613 Å². The predicted octanol–water partition coefficient (Wildman–Crippen LogP) is 24.3. The molecule has 0 saturated carbocycles. The zero-order valence-electron chi connectivity index (χ0n) is 65.5. The van der Waals surface area contributed by atoms with Gasteiger partial charge in [0.2, 0.25) is 0 Å². The number of unbranched alkanes of at least 4 members (excludes halogenated alkanes) is 49. The lowest BCUT2D eigenvalue weighted by Gasteiger charge is -2.21. The molecule has 3 N–H and O–H groups in total. The van der Waals surface area contributed by atoms with Gasteiger partial charge in [0.05, 0.1) is 26.4 Å². The Balaban J connectivity index is 5.24. The minimum absolute atomic E-state index is 0.107. The number of phosphoric acid groups is 2. The molecule has 0 aromatic carbocycles. The van der Waals surface area contributed by atoms with Gasteiger partial charge in [-0.3, -0.25) is 37.3 Å². The van der Waals surface area contributed by atoms with Gasteiger partial charge >= 0.3 is 39.5 Å². The van der Waals surface area contributed by atoms with Crippen LogP contribution in [-0.2, 0) is 65.4 Å². The molecule has 6 atom stereocenters. The number of hydrogen-bond acceptors (Lipinski definition) is 15. The van der Waals surface area contributed by atoms with E-state index in [1.54, 1.807) is 0 Å². The van der Waals surface area contributed by atoms with Gasteiger partial charge in [-0.25, -0.2) is 9.13 Å². The molecule has 0 radical (unpaired) electrons. The molecule has 0 saturated heterocycles. The number of ether oxygens (including phenoxy) is 4. The highest BCUT2D eigenvalue weighted by molar-refractivity contribution is 7.47. The van der Waals surface area contributed by atoms with Crippen LogP contribution in [0.15, 0.2) is 0 Å². The van der Waals surface area contributed by atoms with Gasteiger partial charge in [-0.2, -0.15) is 0 Å². The summed E-state index contributed by atoms with van der Waals surface area (Å²) in [6.07, 6.45) is 62.4. The van der Waals surface area contributed by atoms with E-state index < -0.39 is 97.5 Å². The summed E-state index contributed by atoms with van der Waals surface area (Å²) in [7, 11) is -9.92. The van der Waals surface area contributed by atoms with Gasteiger partial charge < -0.3 is 33.8 Å². The maximum Gasteiger partial charge on any atom is 0.472 e. The van der Waals surface area contributed by atoms with Crippen LogP contribution in [0.4, 0.5) is 0 Å². The van der Waals surface area contributed by atoms with E-state index in [-0.39, 0.29) is 25.7 Å². The van der Waals surface area contributed by atoms with E-state index in [0.717, 1.165) is 102 Å². The summed E-state index contributed by atoms with van der Waals surface area (Å²) in [5.74, 6) is -0.557.